The topological polar surface area (TPSA) is 66.2 Å². The lowest BCUT2D eigenvalue weighted by atomic mass is 10.1. The van der Waals surface area contributed by atoms with Crippen LogP contribution in [0.1, 0.15) is 16.1 Å². The summed E-state index contributed by atoms with van der Waals surface area (Å²) in [6, 6.07) is 16.7. The highest BCUT2D eigenvalue weighted by Crippen LogP contribution is 2.13. The van der Waals surface area contributed by atoms with Crippen molar-refractivity contribution >= 4 is 11.9 Å². The number of aromatic nitrogens is 3. The molecule has 26 heavy (non-hydrogen) atoms. The third-order valence-electron chi connectivity index (χ3n) is 3.63. The van der Waals surface area contributed by atoms with Gasteiger partial charge >= 0.3 is 0 Å². The molecule has 0 unspecified atom stereocenters. The molecular weight excluding hydrogens is 330 g/mol. The van der Waals surface area contributed by atoms with Crippen molar-refractivity contribution in [3.63, 3.8) is 0 Å². The van der Waals surface area contributed by atoms with Gasteiger partial charge in [-0.1, -0.05) is 23.4 Å². The maximum atomic E-state index is 12.3. The number of rotatable bonds is 8. The minimum absolute atomic E-state index is 0.109. The third-order valence-corrected chi connectivity index (χ3v) is 3.63. The summed E-state index contributed by atoms with van der Waals surface area (Å²) in [5.41, 5.74) is 2.10. The van der Waals surface area contributed by atoms with Crippen LogP contribution >= 0.6 is 0 Å². The first-order valence-electron chi connectivity index (χ1n) is 8.18. The summed E-state index contributed by atoms with van der Waals surface area (Å²) in [6.07, 6.45) is 4.91. The van der Waals surface area contributed by atoms with Gasteiger partial charge in [-0.3, -0.25) is 4.79 Å². The van der Waals surface area contributed by atoms with Gasteiger partial charge in [0, 0.05) is 12.7 Å². The van der Waals surface area contributed by atoms with Crippen LogP contribution < -0.4 is 4.74 Å². The number of hydrogen-bond acceptors (Lipinski definition) is 5. The fraction of sp³-hybridized carbons (Fsp3) is 0.150. The van der Waals surface area contributed by atoms with E-state index in [2.05, 4.69) is 10.3 Å². The number of allylic oxidation sites excluding steroid dienone is 1. The van der Waals surface area contributed by atoms with Crippen molar-refractivity contribution in [1.29, 1.82) is 0 Å². The summed E-state index contributed by atoms with van der Waals surface area (Å²) in [5.74, 6) is 0.594. The molecule has 0 fully saturated rings. The van der Waals surface area contributed by atoms with Crippen LogP contribution in [0.2, 0.25) is 0 Å². The molecule has 3 aromatic rings. The van der Waals surface area contributed by atoms with Crippen molar-refractivity contribution in [1.82, 2.24) is 15.0 Å². The molecule has 0 spiro atoms. The fourth-order valence-corrected chi connectivity index (χ4v) is 2.28. The van der Waals surface area contributed by atoms with Gasteiger partial charge in [0.25, 0.3) is 0 Å². The van der Waals surface area contributed by atoms with Crippen LogP contribution in [0, 0.1) is 0 Å². The Morgan fingerprint density at radius 1 is 1.08 bits per heavy atom. The summed E-state index contributed by atoms with van der Waals surface area (Å²) < 4.78 is 12.1. The molecule has 132 valence electrons. The smallest absolute Gasteiger partial charge is 0.185 e. The highest BCUT2D eigenvalue weighted by atomic mass is 16.5. The minimum Gasteiger partial charge on any atom is -0.491 e. The Hall–Kier alpha value is -3.25. The van der Waals surface area contributed by atoms with E-state index in [0.29, 0.717) is 30.2 Å². The Kier molecular flexibility index (Phi) is 5.90. The van der Waals surface area contributed by atoms with Crippen LogP contribution in [0.5, 0.6) is 5.75 Å². The molecule has 0 N–H and O–H groups in total. The molecule has 0 aliphatic carbocycles. The quantitative estimate of drug-likeness (QED) is 0.355. The van der Waals surface area contributed by atoms with Crippen molar-refractivity contribution in [2.24, 2.45) is 0 Å². The van der Waals surface area contributed by atoms with Gasteiger partial charge in [-0.15, -0.1) is 5.10 Å². The van der Waals surface area contributed by atoms with Crippen molar-refractivity contribution in [3.05, 3.63) is 78.1 Å². The lowest BCUT2D eigenvalue weighted by Gasteiger charge is -2.05. The summed E-state index contributed by atoms with van der Waals surface area (Å²) in [6.45, 7) is 0.994. The first-order valence-corrected chi connectivity index (χ1v) is 8.18. The molecule has 6 heteroatoms. The summed E-state index contributed by atoms with van der Waals surface area (Å²) in [4.78, 5) is 12.3. The molecule has 0 saturated carbocycles. The first kappa shape index (κ1) is 17.6. The molecule has 6 nitrogen and oxygen atoms in total. The predicted molar refractivity (Wildman–Crippen MR) is 98.5 cm³/mol. The SMILES string of the molecule is COCCOc1ccc(C(=O)/C=C/c2cn(-c3ccccc3)nn2)cc1. The molecule has 0 atom stereocenters. The molecule has 3 rings (SSSR count). The molecule has 0 amide bonds. The van der Waals surface area contributed by atoms with Crippen LogP contribution in [0.4, 0.5) is 0 Å². The number of hydrogen-bond donors (Lipinski definition) is 0. The molecule has 2 aromatic carbocycles. The average Bonchev–Trinajstić information content (AvgIpc) is 3.17. The van der Waals surface area contributed by atoms with Gasteiger partial charge in [-0.05, 0) is 48.6 Å². The Morgan fingerprint density at radius 3 is 2.58 bits per heavy atom. The Morgan fingerprint density at radius 2 is 1.85 bits per heavy atom. The molecule has 1 aromatic heterocycles. The molecule has 0 bridgehead atoms. The van der Waals surface area contributed by atoms with Gasteiger partial charge in [0.1, 0.15) is 18.1 Å². The van der Waals surface area contributed by atoms with Crippen LogP contribution in [-0.2, 0) is 4.74 Å². The van der Waals surface area contributed by atoms with Gasteiger partial charge in [-0.25, -0.2) is 4.68 Å². The highest BCUT2D eigenvalue weighted by Gasteiger charge is 2.04. The van der Waals surface area contributed by atoms with Crippen molar-refractivity contribution in [2.75, 3.05) is 20.3 Å². The lowest BCUT2D eigenvalue weighted by Crippen LogP contribution is -2.04. The molecular formula is C20H19N3O3. The standard InChI is InChI=1S/C20H19N3O3/c1-25-13-14-26-19-10-7-16(8-11-19)20(24)12-9-17-15-23(22-21-17)18-5-3-2-4-6-18/h2-12,15H,13-14H2,1H3/b12-9+. The molecule has 0 aliphatic heterocycles. The van der Waals surface area contributed by atoms with Crippen LogP contribution in [-0.4, -0.2) is 41.1 Å². The van der Waals surface area contributed by atoms with Crippen molar-refractivity contribution in [2.45, 2.75) is 0 Å². The van der Waals surface area contributed by atoms with E-state index < -0.39 is 0 Å². The molecule has 0 aliphatic rings. The maximum Gasteiger partial charge on any atom is 0.185 e. The molecule has 0 saturated heterocycles. The minimum atomic E-state index is -0.109. The van der Waals surface area contributed by atoms with Crippen molar-refractivity contribution < 1.29 is 14.3 Å². The Labute approximate surface area is 151 Å². The van der Waals surface area contributed by atoms with Gasteiger partial charge in [0.05, 0.1) is 18.5 Å². The fourth-order valence-electron chi connectivity index (χ4n) is 2.28. The van der Waals surface area contributed by atoms with E-state index in [4.69, 9.17) is 9.47 Å². The van der Waals surface area contributed by atoms with E-state index in [1.54, 1.807) is 48.3 Å². The van der Waals surface area contributed by atoms with Crippen molar-refractivity contribution in [3.8, 4) is 11.4 Å². The molecule has 0 radical (unpaired) electrons. The number of benzene rings is 2. The van der Waals surface area contributed by atoms with E-state index >= 15 is 0 Å². The summed E-state index contributed by atoms with van der Waals surface area (Å²) in [5, 5.41) is 8.12. The summed E-state index contributed by atoms with van der Waals surface area (Å²) >= 11 is 0. The van der Waals surface area contributed by atoms with E-state index in [1.807, 2.05) is 30.3 Å². The molecule has 1 heterocycles. The second-order valence-electron chi connectivity index (χ2n) is 5.49. The third kappa shape index (κ3) is 4.64. The van der Waals surface area contributed by atoms with Crippen LogP contribution in [0.3, 0.4) is 0 Å². The predicted octanol–water partition coefficient (Wildman–Crippen LogP) is 3.19. The van der Waals surface area contributed by atoms with Gasteiger partial charge in [0.2, 0.25) is 0 Å². The number of nitrogens with zero attached hydrogens (tertiary/aromatic N) is 3. The second-order valence-corrected chi connectivity index (χ2v) is 5.49. The van der Waals surface area contributed by atoms with Gasteiger partial charge in [-0.2, -0.15) is 0 Å². The largest absolute Gasteiger partial charge is 0.491 e. The van der Waals surface area contributed by atoms with Gasteiger partial charge in [0.15, 0.2) is 5.78 Å². The number of ether oxygens (including phenoxy) is 2. The zero-order valence-corrected chi connectivity index (χ0v) is 14.4. The zero-order valence-electron chi connectivity index (χ0n) is 14.4. The highest BCUT2D eigenvalue weighted by molar-refractivity contribution is 6.06. The van der Waals surface area contributed by atoms with E-state index in [1.165, 1.54) is 6.08 Å². The monoisotopic (exact) mass is 349 g/mol. The number of para-hydroxylation sites is 1. The normalized spacial score (nSPS) is 11.0. The zero-order chi connectivity index (χ0) is 18.2. The lowest BCUT2D eigenvalue weighted by molar-refractivity contribution is 0.104. The van der Waals surface area contributed by atoms with Crippen LogP contribution in [0.25, 0.3) is 11.8 Å². The van der Waals surface area contributed by atoms with E-state index in [9.17, 15) is 4.79 Å². The van der Waals surface area contributed by atoms with Crippen LogP contribution in [0.15, 0.2) is 66.9 Å². The summed E-state index contributed by atoms with van der Waals surface area (Å²) in [7, 11) is 1.62. The second kappa shape index (κ2) is 8.73. The average molecular weight is 349 g/mol. The maximum absolute atomic E-state index is 12.3. The van der Waals surface area contributed by atoms with Gasteiger partial charge < -0.3 is 9.47 Å². The Bertz CT molecular complexity index is 871. The number of carbonyl (C=O) groups is 1. The van der Waals surface area contributed by atoms with E-state index in [-0.39, 0.29) is 5.78 Å². The van der Waals surface area contributed by atoms with E-state index in [0.717, 1.165) is 5.69 Å². The number of carbonyl (C=O) groups excluding carboxylic acids is 1. The Balaban J connectivity index is 1.62. The number of methoxy groups -OCH3 is 1. The number of ketones is 1. The first-order chi connectivity index (χ1) is 12.8.